The highest BCUT2D eigenvalue weighted by atomic mass is 19.1. The summed E-state index contributed by atoms with van der Waals surface area (Å²) in [5, 5.41) is 3.09. The molecule has 5 rings (SSSR count). The smallest absolute Gasteiger partial charge is 0.229 e. The minimum Gasteiger partial charge on any atom is -0.486 e. The molecule has 3 aromatic rings. The average molecular weight is 368 g/mol. The van der Waals surface area contributed by atoms with Crippen molar-refractivity contribution in [3.63, 3.8) is 0 Å². The molecule has 2 aliphatic rings. The van der Waals surface area contributed by atoms with Gasteiger partial charge in [0.05, 0.1) is 29.9 Å². The zero-order valence-corrected chi connectivity index (χ0v) is 14.9. The Morgan fingerprint density at radius 2 is 2.26 bits per heavy atom. The van der Waals surface area contributed by atoms with Gasteiger partial charge in [0.25, 0.3) is 0 Å². The van der Waals surface area contributed by atoms with Crippen molar-refractivity contribution in [3.8, 4) is 11.4 Å². The maximum atomic E-state index is 14.5. The van der Waals surface area contributed by atoms with E-state index in [2.05, 4.69) is 25.2 Å². The number of benzene rings is 1. The molecule has 2 aliphatic heterocycles. The average Bonchev–Trinajstić information content (AvgIpc) is 3.31. The molecule has 1 unspecified atom stereocenters. The molecule has 0 bridgehead atoms. The molecule has 2 aromatic heterocycles. The molecule has 4 heterocycles. The van der Waals surface area contributed by atoms with E-state index in [1.807, 2.05) is 6.92 Å². The predicted octanol–water partition coefficient (Wildman–Crippen LogP) is 3.46. The molecule has 7 nitrogen and oxygen atoms in total. The van der Waals surface area contributed by atoms with Gasteiger partial charge in [0.15, 0.2) is 11.6 Å². The summed E-state index contributed by atoms with van der Waals surface area (Å²) >= 11 is 0. The molecule has 1 N–H and O–H groups in total. The lowest BCUT2D eigenvalue weighted by Crippen LogP contribution is -2.38. The number of aromatic nitrogens is 4. The maximum Gasteiger partial charge on any atom is 0.229 e. The summed E-state index contributed by atoms with van der Waals surface area (Å²) in [6.45, 7) is 3.53. The van der Waals surface area contributed by atoms with Gasteiger partial charge in [-0.05, 0) is 38.0 Å². The number of rotatable bonds is 3. The fraction of sp³-hybridized carbons (Fsp3) is 0.316. The van der Waals surface area contributed by atoms with Crippen LogP contribution in [0.4, 0.5) is 21.8 Å². The van der Waals surface area contributed by atoms with Crippen LogP contribution in [0, 0.1) is 12.7 Å². The Kier molecular flexibility index (Phi) is 3.70. The van der Waals surface area contributed by atoms with Crippen LogP contribution in [0.2, 0.25) is 0 Å². The van der Waals surface area contributed by atoms with Crippen molar-refractivity contribution in [3.05, 3.63) is 48.4 Å². The first-order valence-corrected chi connectivity index (χ1v) is 9.01. The highest BCUT2D eigenvalue weighted by Crippen LogP contribution is 2.36. The monoisotopic (exact) mass is 368 g/mol. The highest BCUT2D eigenvalue weighted by molar-refractivity contribution is 5.61. The second-order valence-electron chi connectivity index (χ2n) is 6.90. The van der Waals surface area contributed by atoms with Gasteiger partial charge in [-0.15, -0.1) is 0 Å². The largest absolute Gasteiger partial charge is 0.486 e. The standard InChI is InChI=1S/C19H19FN6O.H2/c1-12-9-25(11-22-12)16-5-4-13(7-15(16)20)23-19-21-8-17-18(24-19)26-6-2-3-14(26)10-27-17;/h4-5,7-9,11,14H,2-3,6,10H2,1H3,(H,21,23,24);1H. The minimum atomic E-state index is -0.349. The summed E-state index contributed by atoms with van der Waals surface area (Å²) in [6.07, 6.45) is 7.32. The summed E-state index contributed by atoms with van der Waals surface area (Å²) in [7, 11) is 0. The van der Waals surface area contributed by atoms with E-state index >= 15 is 0 Å². The lowest BCUT2D eigenvalue weighted by atomic mass is 10.2. The molecule has 0 saturated carbocycles. The number of nitrogens with zero attached hydrogens (tertiary/aromatic N) is 5. The van der Waals surface area contributed by atoms with Crippen LogP contribution in [0.3, 0.4) is 0 Å². The minimum absolute atomic E-state index is 0. The lowest BCUT2D eigenvalue weighted by molar-refractivity contribution is 0.268. The van der Waals surface area contributed by atoms with Gasteiger partial charge in [0.1, 0.15) is 12.4 Å². The molecule has 0 radical (unpaired) electrons. The van der Waals surface area contributed by atoms with E-state index in [4.69, 9.17) is 4.74 Å². The van der Waals surface area contributed by atoms with Crippen LogP contribution in [0.15, 0.2) is 36.9 Å². The molecule has 1 atom stereocenters. The molecular formula is C19H21FN6O. The summed E-state index contributed by atoms with van der Waals surface area (Å²) in [5.74, 6) is 1.59. The number of fused-ring (bicyclic) bond motifs is 3. The third kappa shape index (κ3) is 2.87. The fourth-order valence-electron chi connectivity index (χ4n) is 3.68. The van der Waals surface area contributed by atoms with Crippen molar-refractivity contribution in [2.45, 2.75) is 25.8 Å². The van der Waals surface area contributed by atoms with E-state index in [1.165, 1.54) is 6.07 Å². The van der Waals surface area contributed by atoms with Gasteiger partial charge >= 0.3 is 0 Å². The Labute approximate surface area is 157 Å². The summed E-state index contributed by atoms with van der Waals surface area (Å²) in [4.78, 5) is 15.3. The summed E-state index contributed by atoms with van der Waals surface area (Å²) in [5.41, 5.74) is 1.87. The van der Waals surface area contributed by atoms with E-state index in [1.54, 1.807) is 35.4 Å². The maximum absolute atomic E-state index is 14.5. The quantitative estimate of drug-likeness (QED) is 0.764. The number of hydrogen-bond donors (Lipinski definition) is 1. The van der Waals surface area contributed by atoms with Gasteiger partial charge < -0.3 is 19.5 Å². The molecule has 0 spiro atoms. The van der Waals surface area contributed by atoms with Crippen LogP contribution in [-0.2, 0) is 0 Å². The van der Waals surface area contributed by atoms with E-state index in [-0.39, 0.29) is 7.24 Å². The van der Waals surface area contributed by atoms with Crippen molar-refractivity contribution < 1.29 is 10.6 Å². The second kappa shape index (κ2) is 6.22. The van der Waals surface area contributed by atoms with E-state index in [0.29, 0.717) is 35.7 Å². The van der Waals surface area contributed by atoms with Crippen molar-refractivity contribution in [2.75, 3.05) is 23.4 Å². The summed E-state index contributed by atoms with van der Waals surface area (Å²) < 4.78 is 22.0. The van der Waals surface area contributed by atoms with Crippen LogP contribution in [0.5, 0.6) is 5.75 Å². The lowest BCUT2D eigenvalue weighted by Gasteiger charge is -2.32. The Morgan fingerprint density at radius 3 is 3.07 bits per heavy atom. The van der Waals surface area contributed by atoms with Crippen LogP contribution in [0.25, 0.3) is 5.69 Å². The first-order valence-electron chi connectivity index (χ1n) is 9.01. The number of hydrogen-bond acceptors (Lipinski definition) is 6. The number of anilines is 3. The van der Waals surface area contributed by atoms with Crippen LogP contribution in [0.1, 0.15) is 20.0 Å². The molecule has 0 amide bonds. The first-order chi connectivity index (χ1) is 13.2. The second-order valence-corrected chi connectivity index (χ2v) is 6.90. The molecule has 0 aliphatic carbocycles. The molecular weight excluding hydrogens is 347 g/mol. The normalized spacial score (nSPS) is 18.0. The third-order valence-corrected chi connectivity index (χ3v) is 5.01. The number of aryl methyl sites for hydroxylation is 1. The molecule has 8 heteroatoms. The molecule has 1 saturated heterocycles. The molecule has 140 valence electrons. The topological polar surface area (TPSA) is 68.1 Å². The van der Waals surface area contributed by atoms with E-state index in [9.17, 15) is 4.39 Å². The van der Waals surface area contributed by atoms with Crippen molar-refractivity contribution >= 4 is 17.5 Å². The van der Waals surface area contributed by atoms with Crippen molar-refractivity contribution in [1.29, 1.82) is 0 Å². The Morgan fingerprint density at radius 1 is 1.33 bits per heavy atom. The van der Waals surface area contributed by atoms with Gasteiger partial charge in [-0.1, -0.05) is 0 Å². The van der Waals surface area contributed by atoms with Crippen molar-refractivity contribution in [2.24, 2.45) is 0 Å². The SMILES string of the molecule is Cc1cn(-c2ccc(Nc3ncc4c(n3)N3CCCC3CO4)cc2F)cn1.[HH]. The van der Waals surface area contributed by atoms with Gasteiger partial charge in [-0.2, -0.15) is 4.98 Å². The zero-order chi connectivity index (χ0) is 18.4. The van der Waals surface area contributed by atoms with Gasteiger partial charge in [0.2, 0.25) is 5.95 Å². The predicted molar refractivity (Wildman–Crippen MR) is 102 cm³/mol. The Bertz CT molecular complexity index is 1010. The van der Waals surface area contributed by atoms with Gasteiger partial charge in [0, 0.05) is 19.9 Å². The van der Waals surface area contributed by atoms with Crippen LogP contribution >= 0.6 is 0 Å². The van der Waals surface area contributed by atoms with Gasteiger partial charge in [-0.25, -0.2) is 14.4 Å². The van der Waals surface area contributed by atoms with Gasteiger partial charge in [-0.3, -0.25) is 0 Å². The first kappa shape index (κ1) is 16.0. The Hall–Kier alpha value is -3.16. The van der Waals surface area contributed by atoms with Crippen LogP contribution in [-0.4, -0.2) is 38.7 Å². The molecule has 1 aromatic carbocycles. The molecule has 1 fully saturated rings. The van der Waals surface area contributed by atoms with Crippen molar-refractivity contribution in [1.82, 2.24) is 19.5 Å². The molecule has 27 heavy (non-hydrogen) atoms. The number of nitrogens with one attached hydrogen (secondary N) is 1. The fourth-order valence-corrected chi connectivity index (χ4v) is 3.68. The third-order valence-electron chi connectivity index (χ3n) is 5.01. The number of imidazole rings is 1. The zero-order valence-electron chi connectivity index (χ0n) is 14.9. The summed E-state index contributed by atoms with van der Waals surface area (Å²) in [6, 6.07) is 5.32. The number of halogens is 1. The Balaban J connectivity index is 0.00000192. The highest BCUT2D eigenvalue weighted by Gasteiger charge is 2.33. The number of ether oxygens (including phenoxy) is 1. The van der Waals surface area contributed by atoms with E-state index < -0.39 is 0 Å². The van der Waals surface area contributed by atoms with E-state index in [0.717, 1.165) is 30.9 Å². The van der Waals surface area contributed by atoms with Crippen LogP contribution < -0.4 is 15.0 Å².